The van der Waals surface area contributed by atoms with Gasteiger partial charge in [0, 0.05) is 45.9 Å². The van der Waals surface area contributed by atoms with Gasteiger partial charge in [-0.25, -0.2) is 4.98 Å². The van der Waals surface area contributed by atoms with Crippen molar-refractivity contribution in [2.45, 2.75) is 6.92 Å². The van der Waals surface area contributed by atoms with Crippen LogP contribution >= 0.6 is 0 Å². The van der Waals surface area contributed by atoms with Gasteiger partial charge in [-0.15, -0.1) is 0 Å². The number of nitrogens with one attached hydrogen (secondary N) is 2. The molecule has 0 saturated carbocycles. The summed E-state index contributed by atoms with van der Waals surface area (Å²) in [5.41, 5.74) is 6.72. The van der Waals surface area contributed by atoms with E-state index in [1.54, 1.807) is 12.1 Å². The molecule has 5 rings (SSSR count). The zero-order chi connectivity index (χ0) is 20.7. The maximum atomic E-state index is 11.0. The molecule has 0 aliphatic carbocycles. The second-order valence-corrected chi connectivity index (χ2v) is 7.23. The van der Waals surface area contributed by atoms with Crippen LogP contribution in [0.1, 0.15) is 5.56 Å². The Kier molecular flexibility index (Phi) is 4.17. The van der Waals surface area contributed by atoms with Crippen LogP contribution in [0.3, 0.4) is 0 Å². The summed E-state index contributed by atoms with van der Waals surface area (Å²) < 4.78 is 0. The molecule has 0 bridgehead atoms. The number of non-ortho nitro benzene ring substituents is 1. The molecule has 0 fully saturated rings. The number of hydrogen-bond acceptors (Lipinski definition) is 3. The van der Waals surface area contributed by atoms with E-state index in [0.29, 0.717) is 0 Å². The van der Waals surface area contributed by atoms with Crippen LogP contribution in [0.4, 0.5) is 5.69 Å². The summed E-state index contributed by atoms with van der Waals surface area (Å²) >= 11 is 0. The maximum absolute atomic E-state index is 11.0. The van der Waals surface area contributed by atoms with Gasteiger partial charge >= 0.3 is 0 Å². The largest absolute Gasteiger partial charge is 0.360 e. The normalized spacial score (nSPS) is 11.1. The summed E-state index contributed by atoms with van der Waals surface area (Å²) in [5.74, 6) is 0.749. The minimum absolute atomic E-state index is 0.0619. The van der Waals surface area contributed by atoms with Crippen molar-refractivity contribution in [2.24, 2.45) is 0 Å². The molecule has 30 heavy (non-hydrogen) atoms. The third-order valence-electron chi connectivity index (χ3n) is 5.21. The van der Waals surface area contributed by atoms with Crippen molar-refractivity contribution in [3.05, 3.63) is 94.7 Å². The maximum Gasteiger partial charge on any atom is 0.269 e. The zero-order valence-electron chi connectivity index (χ0n) is 16.2. The van der Waals surface area contributed by atoms with E-state index in [1.165, 1.54) is 17.7 Å². The number of rotatable bonds is 4. The first kappa shape index (κ1) is 17.9. The number of nitro groups is 1. The summed E-state index contributed by atoms with van der Waals surface area (Å²) in [6.45, 7) is 2.07. The van der Waals surface area contributed by atoms with E-state index in [4.69, 9.17) is 4.98 Å². The summed E-state index contributed by atoms with van der Waals surface area (Å²) in [6.07, 6.45) is 1.96. The monoisotopic (exact) mass is 394 g/mol. The lowest BCUT2D eigenvalue weighted by Gasteiger charge is -2.03. The number of H-pyrrole nitrogens is 2. The number of aromatic amines is 2. The second kappa shape index (κ2) is 7.00. The zero-order valence-corrected chi connectivity index (χ0v) is 16.2. The smallest absolute Gasteiger partial charge is 0.269 e. The van der Waals surface area contributed by atoms with Crippen molar-refractivity contribution in [3.63, 3.8) is 0 Å². The highest BCUT2D eigenvalue weighted by Gasteiger charge is 2.18. The molecule has 2 aromatic heterocycles. The fourth-order valence-electron chi connectivity index (χ4n) is 3.69. The third-order valence-corrected chi connectivity index (χ3v) is 5.21. The Hall–Kier alpha value is -4.19. The summed E-state index contributed by atoms with van der Waals surface area (Å²) in [7, 11) is 0. The highest BCUT2D eigenvalue weighted by Crippen LogP contribution is 2.35. The topological polar surface area (TPSA) is 87.6 Å². The lowest BCUT2D eigenvalue weighted by atomic mass is 10.0. The highest BCUT2D eigenvalue weighted by molar-refractivity contribution is 5.95. The van der Waals surface area contributed by atoms with Gasteiger partial charge in [0.05, 0.1) is 16.3 Å². The minimum Gasteiger partial charge on any atom is -0.360 e. The highest BCUT2D eigenvalue weighted by atomic mass is 16.6. The lowest BCUT2D eigenvalue weighted by Crippen LogP contribution is -1.88. The Morgan fingerprint density at radius 3 is 2.43 bits per heavy atom. The number of nitro benzene ring substituents is 1. The number of aryl methyl sites for hydroxylation is 1. The predicted octanol–water partition coefficient (Wildman–Crippen LogP) is 6.11. The molecule has 6 nitrogen and oxygen atoms in total. The Balaban J connectivity index is 1.70. The Labute approximate surface area is 172 Å². The van der Waals surface area contributed by atoms with Crippen molar-refractivity contribution in [3.8, 4) is 33.9 Å². The third kappa shape index (κ3) is 3.04. The van der Waals surface area contributed by atoms with Gasteiger partial charge in [-0.1, -0.05) is 42.0 Å². The van der Waals surface area contributed by atoms with E-state index in [2.05, 4.69) is 35.1 Å². The van der Waals surface area contributed by atoms with Crippen LogP contribution in [-0.2, 0) is 0 Å². The van der Waals surface area contributed by atoms with E-state index < -0.39 is 4.92 Å². The predicted molar refractivity (Wildman–Crippen MR) is 118 cm³/mol. The van der Waals surface area contributed by atoms with Crippen LogP contribution in [0.2, 0.25) is 0 Å². The average Bonchev–Trinajstić information content (AvgIpc) is 3.38. The molecule has 0 aliphatic rings. The molecule has 6 heteroatoms. The number of aromatic nitrogens is 3. The Morgan fingerprint density at radius 2 is 1.70 bits per heavy atom. The van der Waals surface area contributed by atoms with Crippen molar-refractivity contribution < 1.29 is 4.92 Å². The van der Waals surface area contributed by atoms with E-state index >= 15 is 0 Å². The van der Waals surface area contributed by atoms with E-state index in [-0.39, 0.29) is 5.69 Å². The lowest BCUT2D eigenvalue weighted by molar-refractivity contribution is -0.384. The molecule has 0 amide bonds. The van der Waals surface area contributed by atoms with E-state index in [9.17, 15) is 10.1 Å². The van der Waals surface area contributed by atoms with Crippen LogP contribution in [0.15, 0.2) is 79.0 Å². The molecule has 0 radical (unpaired) electrons. The van der Waals surface area contributed by atoms with E-state index in [1.807, 2.05) is 36.5 Å². The van der Waals surface area contributed by atoms with Crippen LogP contribution in [0.5, 0.6) is 0 Å². The Bertz CT molecular complexity index is 1370. The molecule has 0 saturated heterocycles. The van der Waals surface area contributed by atoms with Crippen LogP contribution in [-0.4, -0.2) is 19.9 Å². The van der Waals surface area contributed by atoms with Gasteiger partial charge in [-0.05, 0) is 31.2 Å². The van der Waals surface area contributed by atoms with Crippen molar-refractivity contribution in [1.29, 1.82) is 0 Å². The molecule has 3 aromatic carbocycles. The van der Waals surface area contributed by atoms with Crippen LogP contribution in [0.25, 0.3) is 44.8 Å². The van der Waals surface area contributed by atoms with Crippen molar-refractivity contribution >= 4 is 16.6 Å². The molecule has 5 aromatic rings. The number of benzene rings is 3. The first-order valence-electron chi connectivity index (χ1n) is 9.58. The first-order valence-corrected chi connectivity index (χ1v) is 9.58. The Morgan fingerprint density at radius 1 is 0.933 bits per heavy atom. The first-order chi connectivity index (χ1) is 14.6. The summed E-state index contributed by atoms with van der Waals surface area (Å²) in [4.78, 5) is 22.3. The van der Waals surface area contributed by atoms with Crippen molar-refractivity contribution in [2.75, 3.05) is 0 Å². The van der Waals surface area contributed by atoms with Gasteiger partial charge in [0.25, 0.3) is 5.69 Å². The number of imidazole rings is 1. The fraction of sp³-hybridized carbons (Fsp3) is 0.0417. The van der Waals surface area contributed by atoms with Crippen LogP contribution in [0, 0.1) is 17.0 Å². The molecule has 0 aliphatic heterocycles. The average molecular weight is 394 g/mol. The van der Waals surface area contributed by atoms with Crippen LogP contribution < -0.4 is 0 Å². The quantitative estimate of drug-likeness (QED) is 0.285. The number of hydrogen-bond donors (Lipinski definition) is 2. The molecule has 146 valence electrons. The van der Waals surface area contributed by atoms with Gasteiger partial charge in [0.15, 0.2) is 0 Å². The molecular weight excluding hydrogens is 376 g/mol. The number of nitrogens with zero attached hydrogens (tertiary/aromatic N) is 2. The van der Waals surface area contributed by atoms with Gasteiger partial charge in [-0.3, -0.25) is 10.1 Å². The fourth-order valence-corrected chi connectivity index (χ4v) is 3.69. The van der Waals surface area contributed by atoms with Gasteiger partial charge < -0.3 is 9.97 Å². The molecule has 2 N–H and O–H groups in total. The molecular formula is C24H18N4O2. The summed E-state index contributed by atoms with van der Waals surface area (Å²) in [6, 6.07) is 22.7. The van der Waals surface area contributed by atoms with Gasteiger partial charge in [0.1, 0.15) is 5.82 Å². The second-order valence-electron chi connectivity index (χ2n) is 7.23. The SMILES string of the molecule is Cc1ccc2[nH]cc(-c3nc(-c4ccccc4)c(-c4ccc([N+](=O)[O-])cc4)[nH]3)c2c1. The molecule has 0 spiro atoms. The van der Waals surface area contributed by atoms with E-state index in [0.717, 1.165) is 44.8 Å². The van der Waals surface area contributed by atoms with Crippen molar-refractivity contribution in [1.82, 2.24) is 15.0 Å². The molecule has 2 heterocycles. The van der Waals surface area contributed by atoms with Gasteiger partial charge in [-0.2, -0.15) is 0 Å². The minimum atomic E-state index is -0.394. The molecule has 0 atom stereocenters. The van der Waals surface area contributed by atoms with Gasteiger partial charge in [0.2, 0.25) is 0 Å². The number of fused-ring (bicyclic) bond motifs is 1. The molecule has 0 unspecified atom stereocenters. The summed E-state index contributed by atoms with van der Waals surface area (Å²) in [5, 5.41) is 12.1. The standard InChI is InChI=1S/C24H18N4O2/c1-15-7-12-21-19(13-15)20(14-25-21)24-26-22(16-5-3-2-4-6-16)23(27-24)17-8-10-18(11-9-17)28(29)30/h2-14,25H,1H3,(H,26,27).